The maximum Gasteiger partial charge on any atom is 0.475 e. The molecule has 5 N–H and O–H groups in total. The fraction of sp³-hybridized carbons (Fsp3) is 0.625. The van der Waals surface area contributed by atoms with Crippen LogP contribution in [0.15, 0.2) is 16.9 Å². The van der Waals surface area contributed by atoms with Gasteiger partial charge in [-0.1, -0.05) is 13.8 Å². The highest BCUT2D eigenvalue weighted by atomic mass is 31.2. The first kappa shape index (κ1) is 32.6. The molecule has 0 bridgehead atoms. The molecule has 2 saturated heterocycles. The zero-order valence-electron chi connectivity index (χ0n) is 23.7. The number of ether oxygens (including phenoxy) is 2. The Kier molecular flexibility index (Phi) is 8.82. The van der Waals surface area contributed by atoms with Crippen molar-refractivity contribution in [3.8, 4) is 6.07 Å². The van der Waals surface area contributed by atoms with Crippen LogP contribution in [0.4, 0.5) is 10.3 Å². The highest BCUT2D eigenvalue weighted by Gasteiger charge is 2.66. The summed E-state index contributed by atoms with van der Waals surface area (Å²) in [5.74, 6) is -1.59. The Hall–Kier alpha value is -3.33. The molecule has 0 spiro atoms. The first-order valence-electron chi connectivity index (χ1n) is 13.1. The molecule has 0 aliphatic carbocycles. The molecular weight excluding hydrogens is 593 g/mol. The fourth-order valence-corrected chi connectivity index (χ4v) is 6.32. The molecule has 19 heteroatoms. The number of hydrogen-bond donors (Lipinski definition) is 4. The summed E-state index contributed by atoms with van der Waals surface area (Å²) in [5.41, 5.74) is -2.61. The molecule has 2 radical (unpaired) electrons. The number of nitrogen functional groups attached to an aromatic ring is 1. The summed E-state index contributed by atoms with van der Waals surface area (Å²) in [6.07, 6.45) is -5.75. The third kappa shape index (κ3) is 6.06. The van der Waals surface area contributed by atoms with Crippen molar-refractivity contribution in [3.05, 3.63) is 28.2 Å². The van der Waals surface area contributed by atoms with Gasteiger partial charge in [-0.2, -0.15) is 5.26 Å². The number of aliphatic hydroxyl groups excluding tert-OH is 1. The molecule has 0 saturated carbocycles. The Bertz CT molecular complexity index is 1560. The van der Waals surface area contributed by atoms with Gasteiger partial charge in [0.05, 0.1) is 31.4 Å². The summed E-state index contributed by atoms with van der Waals surface area (Å²) in [4.78, 5) is 39.1. The van der Waals surface area contributed by atoms with Crippen molar-refractivity contribution < 1.29 is 46.7 Å². The van der Waals surface area contributed by atoms with E-state index < -0.39 is 66.8 Å². The van der Waals surface area contributed by atoms with Gasteiger partial charge >= 0.3 is 13.8 Å². The molecule has 16 nitrogen and oxygen atoms in total. The second-order valence-electron chi connectivity index (χ2n) is 11.1. The number of hydrogen-bond acceptors (Lipinski definition) is 13. The van der Waals surface area contributed by atoms with E-state index >= 15 is 4.39 Å². The number of H-pyrrole nitrogens is 1. The number of esters is 1. The van der Waals surface area contributed by atoms with Gasteiger partial charge in [0.1, 0.15) is 37.2 Å². The van der Waals surface area contributed by atoms with E-state index in [-0.39, 0.29) is 42.8 Å². The first-order valence-corrected chi connectivity index (χ1v) is 14.6. The Morgan fingerprint density at radius 1 is 1.44 bits per heavy atom. The number of fused-ring (bicyclic) bond motifs is 1. The number of halogens is 1. The third-order valence-corrected chi connectivity index (χ3v) is 8.26. The van der Waals surface area contributed by atoms with Crippen LogP contribution in [0.5, 0.6) is 0 Å². The van der Waals surface area contributed by atoms with E-state index in [0.717, 1.165) is 10.6 Å². The van der Waals surface area contributed by atoms with Crippen molar-refractivity contribution in [1.82, 2.24) is 19.9 Å². The average Bonchev–Trinajstić information content (AvgIpc) is 3.41. The van der Waals surface area contributed by atoms with Gasteiger partial charge in [0.25, 0.3) is 5.56 Å². The number of nitrogens with one attached hydrogen (secondary N) is 2. The standard InChI is InChI=1S/C24H31BFN6O10P/c1-12(2)40-16(33)7-8-29-20(36)18-22(3,4)11-39-43(37,42-18)38-9-14-17(34)24(25,26)23(10-27,41-14)15-6-5-13-19(35)30-21(28)31-32(13)15/h5-6,12,14,17-18,34H,7-9,11H2,1-4H3,(H,29,36)(H3,28,30,31,35)/t14-,17?,18+,23+,24?,43?/m1/s1. The Morgan fingerprint density at radius 2 is 2.14 bits per heavy atom. The van der Waals surface area contributed by atoms with Crippen LogP contribution in [0, 0.1) is 16.7 Å². The van der Waals surface area contributed by atoms with E-state index in [1.54, 1.807) is 33.8 Å². The van der Waals surface area contributed by atoms with Crippen molar-refractivity contribution in [3.63, 3.8) is 0 Å². The summed E-state index contributed by atoms with van der Waals surface area (Å²) in [7, 11) is 1.27. The van der Waals surface area contributed by atoms with Crippen LogP contribution in [0.1, 0.15) is 39.8 Å². The smallest absolute Gasteiger partial charge is 0.463 e. The molecule has 2 aliphatic heterocycles. The minimum absolute atomic E-state index is 0.0828. The lowest BCUT2D eigenvalue weighted by atomic mass is 9.67. The van der Waals surface area contributed by atoms with Crippen LogP contribution in [0.25, 0.3) is 5.52 Å². The number of phosphoric ester groups is 1. The zero-order chi connectivity index (χ0) is 32.0. The van der Waals surface area contributed by atoms with Crippen LogP contribution < -0.4 is 16.6 Å². The maximum atomic E-state index is 16.0. The van der Waals surface area contributed by atoms with Gasteiger partial charge in [0.15, 0.2) is 6.10 Å². The number of nitrogens with zero attached hydrogens (tertiary/aromatic N) is 3. The third-order valence-electron chi connectivity index (χ3n) is 6.88. The average molecular weight is 624 g/mol. The Balaban J connectivity index is 1.49. The van der Waals surface area contributed by atoms with Gasteiger partial charge in [0.2, 0.25) is 17.5 Å². The number of nitrogens with two attached hydrogens (primary N) is 1. The minimum Gasteiger partial charge on any atom is -0.463 e. The Morgan fingerprint density at radius 3 is 2.79 bits per heavy atom. The van der Waals surface area contributed by atoms with E-state index in [9.17, 15) is 29.3 Å². The van der Waals surface area contributed by atoms with Gasteiger partial charge in [-0.15, -0.1) is 5.10 Å². The molecule has 6 atom stereocenters. The van der Waals surface area contributed by atoms with Crippen LogP contribution in [0.3, 0.4) is 0 Å². The molecule has 0 aromatic carbocycles. The lowest BCUT2D eigenvalue weighted by molar-refractivity contribution is -0.147. The van der Waals surface area contributed by atoms with Crippen molar-refractivity contribution in [1.29, 1.82) is 5.26 Å². The fourth-order valence-electron chi connectivity index (χ4n) is 4.66. The topological polar surface area (TPSA) is 230 Å². The van der Waals surface area contributed by atoms with Crippen molar-refractivity contribution in [2.24, 2.45) is 5.41 Å². The van der Waals surface area contributed by atoms with Crippen LogP contribution in [-0.2, 0) is 42.8 Å². The van der Waals surface area contributed by atoms with E-state index in [1.807, 2.05) is 0 Å². The first-order chi connectivity index (χ1) is 20.0. The summed E-state index contributed by atoms with van der Waals surface area (Å²) < 4.78 is 56.9. The number of anilines is 1. The summed E-state index contributed by atoms with van der Waals surface area (Å²) in [5, 5.41) is 27.2. The molecule has 2 fully saturated rings. The number of aromatic nitrogens is 3. The molecule has 1 amide bonds. The van der Waals surface area contributed by atoms with Gasteiger partial charge < -0.3 is 25.6 Å². The molecule has 3 unspecified atom stereocenters. The number of aromatic amines is 1. The van der Waals surface area contributed by atoms with E-state index in [2.05, 4.69) is 15.4 Å². The second kappa shape index (κ2) is 11.6. The number of phosphoric acid groups is 1. The van der Waals surface area contributed by atoms with Crippen molar-refractivity contribution >= 4 is 39.0 Å². The van der Waals surface area contributed by atoms with Crippen LogP contribution in [0.2, 0.25) is 0 Å². The number of aliphatic hydroxyl groups is 1. The van der Waals surface area contributed by atoms with Gasteiger partial charge in [-0.3, -0.25) is 32.9 Å². The zero-order valence-corrected chi connectivity index (χ0v) is 24.6. The van der Waals surface area contributed by atoms with E-state index in [4.69, 9.17) is 36.6 Å². The quantitative estimate of drug-likeness (QED) is 0.163. The molecule has 4 rings (SSSR count). The lowest BCUT2D eigenvalue weighted by Gasteiger charge is -2.39. The highest BCUT2D eigenvalue weighted by Crippen LogP contribution is 2.58. The largest absolute Gasteiger partial charge is 0.475 e. The number of carbonyl (C=O) groups is 2. The number of nitriles is 1. The predicted octanol–water partition coefficient (Wildman–Crippen LogP) is -0.0581. The molecule has 232 valence electrons. The maximum absolute atomic E-state index is 16.0. The molecule has 2 aliphatic rings. The normalized spacial score (nSPS) is 32.0. The summed E-state index contributed by atoms with van der Waals surface area (Å²) in [6.45, 7) is 5.37. The van der Waals surface area contributed by atoms with Crippen LogP contribution in [-0.4, -0.2) is 89.2 Å². The van der Waals surface area contributed by atoms with Crippen molar-refractivity contribution in [2.45, 2.75) is 69.7 Å². The number of amides is 1. The second-order valence-corrected chi connectivity index (χ2v) is 12.7. The van der Waals surface area contributed by atoms with E-state index in [0.29, 0.717) is 0 Å². The highest BCUT2D eigenvalue weighted by molar-refractivity contribution is 7.48. The molecule has 43 heavy (non-hydrogen) atoms. The van der Waals surface area contributed by atoms with Crippen molar-refractivity contribution in [2.75, 3.05) is 25.5 Å². The predicted molar refractivity (Wildman–Crippen MR) is 145 cm³/mol. The lowest BCUT2D eigenvalue weighted by Crippen LogP contribution is -2.52. The van der Waals surface area contributed by atoms with Crippen LogP contribution >= 0.6 is 7.82 Å². The number of carbonyl (C=O) groups excluding carboxylic acids is 2. The molecule has 4 heterocycles. The summed E-state index contributed by atoms with van der Waals surface area (Å²) in [6, 6.07) is 3.98. The molecule has 2 aromatic heterocycles. The molecular formula is C24H31BFN6O10P. The Labute approximate surface area is 246 Å². The summed E-state index contributed by atoms with van der Waals surface area (Å²) >= 11 is 0. The number of alkyl halides is 1. The monoisotopic (exact) mass is 624 g/mol. The SMILES string of the molecule is [B]C1(F)C(O)[C@@H](COP2(=O)OCC(C)(C)[C@H](C(=O)NCCC(=O)OC(C)C)O2)O[C@@]1(C#N)c1ccc2c(=O)[nH]c(N)nn12. The minimum atomic E-state index is -4.53. The van der Waals surface area contributed by atoms with Gasteiger partial charge in [-0.05, 0) is 26.0 Å². The number of rotatable bonds is 9. The molecule has 2 aromatic rings. The van der Waals surface area contributed by atoms with E-state index in [1.165, 1.54) is 6.07 Å². The van der Waals surface area contributed by atoms with Gasteiger partial charge in [-0.25, -0.2) is 13.5 Å². The van der Waals surface area contributed by atoms with Gasteiger partial charge in [0, 0.05) is 12.0 Å².